The van der Waals surface area contributed by atoms with Crippen LogP contribution in [0.3, 0.4) is 0 Å². The third kappa shape index (κ3) is 3.27. The predicted octanol–water partition coefficient (Wildman–Crippen LogP) is 2.60. The molecule has 0 bridgehead atoms. The molecule has 0 aliphatic carbocycles. The van der Waals surface area contributed by atoms with Crippen LogP contribution in [0.25, 0.3) is 0 Å². The van der Waals surface area contributed by atoms with Gasteiger partial charge in [0.15, 0.2) is 11.6 Å². The molecule has 1 rings (SSSR count). The van der Waals surface area contributed by atoms with Crippen molar-refractivity contribution >= 4 is 15.9 Å². The lowest BCUT2D eigenvalue weighted by atomic mass is 10.2. The monoisotopic (exact) mass is 262 g/mol. The van der Waals surface area contributed by atoms with Crippen LogP contribution in [-0.2, 0) is 0 Å². The van der Waals surface area contributed by atoms with Crippen LogP contribution >= 0.6 is 15.9 Å². The maximum absolute atomic E-state index is 13.2. The fourth-order valence-electron chi connectivity index (χ4n) is 0.877. The molecule has 1 N–H and O–H groups in total. The molecule has 0 aliphatic rings. The predicted molar refractivity (Wildman–Crippen MR) is 55.8 cm³/mol. The molecule has 0 fully saturated rings. The second kappa shape index (κ2) is 5.32. The van der Waals surface area contributed by atoms with Crippen LogP contribution in [0.4, 0.5) is 4.39 Å². The number of benzene rings is 1. The lowest BCUT2D eigenvalue weighted by Gasteiger charge is -2.10. The van der Waals surface area contributed by atoms with Crippen LogP contribution in [0.1, 0.15) is 6.92 Å². The highest BCUT2D eigenvalue weighted by Gasteiger charge is 2.06. The van der Waals surface area contributed by atoms with Gasteiger partial charge in [0.05, 0.1) is 6.61 Å². The summed E-state index contributed by atoms with van der Waals surface area (Å²) in [5.41, 5.74) is 0. The molecule has 2 nitrogen and oxygen atoms in total. The van der Waals surface area contributed by atoms with Crippen LogP contribution in [0.5, 0.6) is 5.75 Å². The number of aliphatic hydroxyl groups excluding tert-OH is 1. The average molecular weight is 263 g/mol. The molecule has 0 aromatic heterocycles. The molecule has 4 heteroatoms. The lowest BCUT2D eigenvalue weighted by molar-refractivity contribution is 0.171. The van der Waals surface area contributed by atoms with Crippen molar-refractivity contribution in [2.24, 2.45) is 5.92 Å². The largest absolute Gasteiger partial charge is 0.490 e. The Morgan fingerprint density at radius 3 is 2.86 bits per heavy atom. The number of rotatable bonds is 4. The van der Waals surface area contributed by atoms with E-state index in [4.69, 9.17) is 9.84 Å². The van der Waals surface area contributed by atoms with E-state index in [9.17, 15) is 4.39 Å². The van der Waals surface area contributed by atoms with Crippen molar-refractivity contribution in [3.63, 3.8) is 0 Å². The van der Waals surface area contributed by atoms with Crippen LogP contribution < -0.4 is 4.74 Å². The maximum atomic E-state index is 13.2. The van der Waals surface area contributed by atoms with E-state index in [1.165, 1.54) is 6.07 Å². The van der Waals surface area contributed by atoms with E-state index in [-0.39, 0.29) is 18.3 Å². The third-order valence-electron chi connectivity index (χ3n) is 1.73. The van der Waals surface area contributed by atoms with E-state index in [0.717, 1.165) is 0 Å². The summed E-state index contributed by atoms with van der Waals surface area (Å²) in [6.07, 6.45) is 0. The highest BCUT2D eigenvalue weighted by molar-refractivity contribution is 9.10. The summed E-state index contributed by atoms with van der Waals surface area (Å²) in [6.45, 7) is 2.18. The van der Waals surface area contributed by atoms with E-state index in [2.05, 4.69) is 15.9 Å². The van der Waals surface area contributed by atoms with Crippen LogP contribution in [0.2, 0.25) is 0 Å². The highest BCUT2D eigenvalue weighted by atomic mass is 79.9. The van der Waals surface area contributed by atoms with Gasteiger partial charge in [0.25, 0.3) is 0 Å². The first kappa shape index (κ1) is 11.5. The first-order chi connectivity index (χ1) is 6.63. The minimum absolute atomic E-state index is 0.0121. The Hall–Kier alpha value is -0.610. The number of ether oxygens (including phenoxy) is 1. The zero-order chi connectivity index (χ0) is 10.6. The average Bonchev–Trinajstić information content (AvgIpc) is 2.16. The Kier molecular flexibility index (Phi) is 4.35. The fourth-order valence-corrected chi connectivity index (χ4v) is 1.21. The molecule has 0 heterocycles. The van der Waals surface area contributed by atoms with Gasteiger partial charge in [-0.15, -0.1) is 0 Å². The van der Waals surface area contributed by atoms with Crippen molar-refractivity contribution in [2.45, 2.75) is 6.92 Å². The standard InChI is InChI=1S/C10H12BrFO2/c1-7(5-13)6-14-10-3-2-8(11)4-9(10)12/h2-4,7,13H,5-6H2,1H3. The molecule has 1 aromatic carbocycles. The first-order valence-electron chi connectivity index (χ1n) is 4.32. The summed E-state index contributed by atoms with van der Waals surface area (Å²) in [6, 6.07) is 4.62. The molecule has 78 valence electrons. The third-order valence-corrected chi connectivity index (χ3v) is 2.22. The van der Waals surface area contributed by atoms with Gasteiger partial charge in [0, 0.05) is 17.0 Å². The zero-order valence-electron chi connectivity index (χ0n) is 7.84. The Morgan fingerprint density at radius 2 is 2.29 bits per heavy atom. The molecule has 1 aromatic rings. The Morgan fingerprint density at radius 1 is 1.57 bits per heavy atom. The molecule has 0 aliphatic heterocycles. The second-order valence-corrected chi connectivity index (χ2v) is 4.09. The number of hydrogen-bond donors (Lipinski definition) is 1. The molecular formula is C10H12BrFO2. The minimum Gasteiger partial charge on any atom is -0.490 e. The molecule has 0 saturated carbocycles. The molecule has 1 unspecified atom stereocenters. The summed E-state index contributed by atoms with van der Waals surface area (Å²) < 4.78 is 19.1. The zero-order valence-corrected chi connectivity index (χ0v) is 9.42. The van der Waals surface area contributed by atoms with Gasteiger partial charge >= 0.3 is 0 Å². The summed E-state index contributed by atoms with van der Waals surface area (Å²) >= 11 is 3.15. The molecule has 0 spiro atoms. The normalized spacial score (nSPS) is 12.6. The van der Waals surface area contributed by atoms with Crippen LogP contribution in [0.15, 0.2) is 22.7 Å². The summed E-state index contributed by atoms with van der Waals surface area (Å²) in [7, 11) is 0. The van der Waals surface area contributed by atoms with Crippen LogP contribution in [-0.4, -0.2) is 18.3 Å². The van der Waals surface area contributed by atoms with Crippen molar-refractivity contribution in [2.75, 3.05) is 13.2 Å². The van der Waals surface area contributed by atoms with Crippen molar-refractivity contribution in [1.82, 2.24) is 0 Å². The van der Waals surface area contributed by atoms with Crippen molar-refractivity contribution in [3.05, 3.63) is 28.5 Å². The van der Waals surface area contributed by atoms with E-state index < -0.39 is 5.82 Å². The van der Waals surface area contributed by atoms with Gasteiger partial charge in [-0.2, -0.15) is 0 Å². The molecule has 0 saturated heterocycles. The number of halogens is 2. The SMILES string of the molecule is CC(CO)COc1ccc(Br)cc1F. The molecular weight excluding hydrogens is 251 g/mol. The minimum atomic E-state index is -0.399. The smallest absolute Gasteiger partial charge is 0.166 e. The van der Waals surface area contributed by atoms with Gasteiger partial charge in [0.1, 0.15) is 0 Å². The van der Waals surface area contributed by atoms with E-state index in [1.54, 1.807) is 12.1 Å². The van der Waals surface area contributed by atoms with Crippen molar-refractivity contribution in [1.29, 1.82) is 0 Å². The topological polar surface area (TPSA) is 29.5 Å². The molecule has 14 heavy (non-hydrogen) atoms. The summed E-state index contributed by atoms with van der Waals surface area (Å²) in [5.74, 6) is -0.170. The fraction of sp³-hybridized carbons (Fsp3) is 0.400. The molecule has 0 radical (unpaired) electrons. The molecule has 0 amide bonds. The Bertz CT molecular complexity index is 304. The summed E-state index contributed by atoms with van der Waals surface area (Å²) in [5, 5.41) is 8.74. The Balaban J connectivity index is 2.59. The lowest BCUT2D eigenvalue weighted by Crippen LogP contribution is -2.12. The highest BCUT2D eigenvalue weighted by Crippen LogP contribution is 2.21. The van der Waals surface area contributed by atoms with Crippen molar-refractivity contribution in [3.8, 4) is 5.75 Å². The van der Waals surface area contributed by atoms with Crippen LogP contribution in [0, 0.1) is 11.7 Å². The second-order valence-electron chi connectivity index (χ2n) is 3.17. The van der Waals surface area contributed by atoms with Gasteiger partial charge in [0.2, 0.25) is 0 Å². The first-order valence-corrected chi connectivity index (χ1v) is 5.11. The van der Waals surface area contributed by atoms with Gasteiger partial charge in [-0.25, -0.2) is 4.39 Å². The van der Waals surface area contributed by atoms with Gasteiger partial charge in [-0.3, -0.25) is 0 Å². The number of aliphatic hydroxyl groups is 1. The maximum Gasteiger partial charge on any atom is 0.166 e. The van der Waals surface area contributed by atoms with E-state index >= 15 is 0 Å². The van der Waals surface area contributed by atoms with E-state index in [0.29, 0.717) is 11.1 Å². The molecule has 1 atom stereocenters. The summed E-state index contributed by atoms with van der Waals surface area (Å²) in [4.78, 5) is 0. The van der Waals surface area contributed by atoms with Gasteiger partial charge < -0.3 is 9.84 Å². The number of hydrogen-bond acceptors (Lipinski definition) is 2. The quantitative estimate of drug-likeness (QED) is 0.904. The Labute approximate surface area is 90.8 Å². The van der Waals surface area contributed by atoms with E-state index in [1.807, 2.05) is 6.92 Å². The van der Waals surface area contributed by atoms with Gasteiger partial charge in [-0.1, -0.05) is 22.9 Å². The van der Waals surface area contributed by atoms with Gasteiger partial charge in [-0.05, 0) is 18.2 Å². The van der Waals surface area contributed by atoms with Crippen molar-refractivity contribution < 1.29 is 14.2 Å².